The lowest BCUT2D eigenvalue weighted by Gasteiger charge is -2.13. The van der Waals surface area contributed by atoms with Crippen molar-refractivity contribution in [3.63, 3.8) is 0 Å². The molecule has 0 saturated heterocycles. The van der Waals surface area contributed by atoms with Gasteiger partial charge in [-0.1, -0.05) is 62.4 Å². The van der Waals surface area contributed by atoms with Crippen molar-refractivity contribution < 1.29 is 9.53 Å². The van der Waals surface area contributed by atoms with E-state index in [4.69, 9.17) is 4.74 Å². The van der Waals surface area contributed by atoms with Crippen LogP contribution in [0.3, 0.4) is 0 Å². The molecule has 2 aromatic carbocycles. The Balaban J connectivity index is 2.08. The molecule has 0 aromatic heterocycles. The van der Waals surface area contributed by atoms with Crippen LogP contribution in [0.5, 0.6) is 5.75 Å². The highest BCUT2D eigenvalue weighted by atomic mass is 16.5. The van der Waals surface area contributed by atoms with Crippen molar-refractivity contribution >= 4 is 12.0 Å². The highest BCUT2D eigenvalue weighted by molar-refractivity contribution is 5.88. The Morgan fingerprint density at radius 1 is 1.10 bits per heavy atom. The fourth-order valence-corrected chi connectivity index (χ4v) is 2.07. The SMILES string of the molecule is CCC(C)c1ccccc1OC(=O)C=Cc1ccccc1. The summed E-state index contributed by atoms with van der Waals surface area (Å²) in [5, 5.41) is 0. The molecule has 0 aliphatic heterocycles. The van der Waals surface area contributed by atoms with Crippen molar-refractivity contribution in [2.24, 2.45) is 0 Å². The van der Waals surface area contributed by atoms with E-state index >= 15 is 0 Å². The molecule has 0 heterocycles. The lowest BCUT2D eigenvalue weighted by molar-refractivity contribution is -0.128. The van der Waals surface area contributed by atoms with Crippen LogP contribution in [0.15, 0.2) is 60.7 Å². The Morgan fingerprint density at radius 2 is 1.76 bits per heavy atom. The monoisotopic (exact) mass is 280 g/mol. The van der Waals surface area contributed by atoms with E-state index in [0.29, 0.717) is 11.7 Å². The fraction of sp³-hybridized carbons (Fsp3) is 0.211. The summed E-state index contributed by atoms with van der Waals surface area (Å²) in [4.78, 5) is 11.9. The van der Waals surface area contributed by atoms with Gasteiger partial charge in [-0.15, -0.1) is 0 Å². The van der Waals surface area contributed by atoms with Crippen LogP contribution in [0.4, 0.5) is 0 Å². The largest absolute Gasteiger partial charge is 0.423 e. The molecule has 0 N–H and O–H groups in total. The normalized spacial score (nSPS) is 12.3. The van der Waals surface area contributed by atoms with Crippen molar-refractivity contribution in [2.75, 3.05) is 0 Å². The zero-order valence-electron chi connectivity index (χ0n) is 12.5. The van der Waals surface area contributed by atoms with Crippen LogP contribution in [0.2, 0.25) is 0 Å². The second-order valence-electron chi connectivity index (χ2n) is 5.01. The highest BCUT2D eigenvalue weighted by Gasteiger charge is 2.11. The lowest BCUT2D eigenvalue weighted by Crippen LogP contribution is -2.06. The molecular formula is C19H20O2. The smallest absolute Gasteiger partial charge is 0.336 e. The molecule has 0 aliphatic rings. The first kappa shape index (κ1) is 15.0. The molecule has 0 amide bonds. The maximum atomic E-state index is 11.9. The second-order valence-corrected chi connectivity index (χ2v) is 5.01. The van der Waals surface area contributed by atoms with Gasteiger partial charge in [0.25, 0.3) is 0 Å². The summed E-state index contributed by atoms with van der Waals surface area (Å²) >= 11 is 0. The third-order valence-electron chi connectivity index (χ3n) is 3.48. The quantitative estimate of drug-likeness (QED) is 0.446. The minimum absolute atomic E-state index is 0.352. The number of esters is 1. The molecule has 2 heteroatoms. The number of carbonyl (C=O) groups excluding carboxylic acids is 1. The molecule has 0 fully saturated rings. The van der Waals surface area contributed by atoms with Crippen molar-refractivity contribution in [1.29, 1.82) is 0 Å². The van der Waals surface area contributed by atoms with Crippen LogP contribution < -0.4 is 4.74 Å². The second kappa shape index (κ2) is 7.44. The molecule has 2 rings (SSSR count). The molecular weight excluding hydrogens is 260 g/mol. The highest BCUT2D eigenvalue weighted by Crippen LogP contribution is 2.28. The van der Waals surface area contributed by atoms with Gasteiger partial charge in [-0.2, -0.15) is 0 Å². The van der Waals surface area contributed by atoms with Gasteiger partial charge in [0.15, 0.2) is 0 Å². The van der Waals surface area contributed by atoms with Crippen LogP contribution in [0.25, 0.3) is 6.08 Å². The maximum absolute atomic E-state index is 11.9. The maximum Gasteiger partial charge on any atom is 0.336 e. The predicted octanol–water partition coefficient (Wildman–Crippen LogP) is 4.82. The van der Waals surface area contributed by atoms with E-state index < -0.39 is 0 Å². The first-order valence-electron chi connectivity index (χ1n) is 7.24. The van der Waals surface area contributed by atoms with E-state index in [1.54, 1.807) is 6.08 Å². The fourth-order valence-electron chi connectivity index (χ4n) is 2.07. The van der Waals surface area contributed by atoms with Gasteiger partial charge < -0.3 is 4.74 Å². The molecule has 21 heavy (non-hydrogen) atoms. The van der Waals surface area contributed by atoms with E-state index in [1.807, 2.05) is 54.6 Å². The number of benzene rings is 2. The number of rotatable bonds is 5. The summed E-state index contributed by atoms with van der Waals surface area (Å²) in [5.41, 5.74) is 2.05. The Kier molecular flexibility index (Phi) is 5.33. The van der Waals surface area contributed by atoms with Gasteiger partial charge in [-0.05, 0) is 35.6 Å². The van der Waals surface area contributed by atoms with Crippen molar-refractivity contribution in [3.05, 3.63) is 71.8 Å². The summed E-state index contributed by atoms with van der Waals surface area (Å²) in [6, 6.07) is 17.4. The number of para-hydroxylation sites is 1. The van der Waals surface area contributed by atoms with Gasteiger partial charge in [-0.3, -0.25) is 0 Å². The van der Waals surface area contributed by atoms with Crippen LogP contribution in [-0.2, 0) is 4.79 Å². The standard InChI is InChI=1S/C19H20O2/c1-3-15(2)17-11-7-8-12-18(17)21-19(20)14-13-16-9-5-4-6-10-16/h4-15H,3H2,1-2H3. The van der Waals surface area contributed by atoms with E-state index in [9.17, 15) is 4.79 Å². The zero-order valence-corrected chi connectivity index (χ0v) is 12.5. The van der Waals surface area contributed by atoms with Crippen molar-refractivity contribution in [2.45, 2.75) is 26.2 Å². The van der Waals surface area contributed by atoms with E-state index in [-0.39, 0.29) is 5.97 Å². The molecule has 0 spiro atoms. The molecule has 0 saturated carbocycles. The van der Waals surface area contributed by atoms with Gasteiger partial charge in [0.2, 0.25) is 0 Å². The Bertz CT molecular complexity index is 614. The number of hydrogen-bond donors (Lipinski definition) is 0. The van der Waals surface area contributed by atoms with Gasteiger partial charge in [0.05, 0.1) is 0 Å². The Hall–Kier alpha value is -2.35. The summed E-state index contributed by atoms with van der Waals surface area (Å²) in [6.45, 7) is 4.26. The zero-order chi connectivity index (χ0) is 15.1. The minimum atomic E-state index is -0.352. The number of carbonyl (C=O) groups is 1. The minimum Gasteiger partial charge on any atom is -0.423 e. The van der Waals surface area contributed by atoms with Crippen molar-refractivity contribution in [1.82, 2.24) is 0 Å². The molecule has 0 bridgehead atoms. The molecule has 0 aliphatic carbocycles. The third kappa shape index (κ3) is 4.32. The lowest BCUT2D eigenvalue weighted by atomic mass is 9.98. The Labute approximate surface area is 126 Å². The molecule has 2 nitrogen and oxygen atoms in total. The molecule has 2 aromatic rings. The summed E-state index contributed by atoms with van der Waals surface area (Å²) < 4.78 is 5.46. The summed E-state index contributed by atoms with van der Waals surface area (Å²) in [7, 11) is 0. The topological polar surface area (TPSA) is 26.3 Å². The predicted molar refractivity (Wildman–Crippen MR) is 86.3 cm³/mol. The number of ether oxygens (including phenoxy) is 1. The van der Waals surface area contributed by atoms with E-state index in [2.05, 4.69) is 13.8 Å². The molecule has 108 valence electrons. The van der Waals surface area contributed by atoms with Gasteiger partial charge in [-0.25, -0.2) is 4.79 Å². The molecule has 1 atom stereocenters. The molecule has 1 unspecified atom stereocenters. The van der Waals surface area contributed by atoms with Crippen molar-refractivity contribution in [3.8, 4) is 5.75 Å². The summed E-state index contributed by atoms with van der Waals surface area (Å²) in [5.74, 6) is 0.663. The average molecular weight is 280 g/mol. The van der Waals surface area contributed by atoms with E-state index in [1.165, 1.54) is 6.08 Å². The first-order valence-corrected chi connectivity index (χ1v) is 7.24. The van der Waals surface area contributed by atoms with Crippen LogP contribution in [-0.4, -0.2) is 5.97 Å². The van der Waals surface area contributed by atoms with Crippen LogP contribution in [0.1, 0.15) is 37.3 Å². The van der Waals surface area contributed by atoms with Crippen LogP contribution >= 0.6 is 0 Å². The van der Waals surface area contributed by atoms with Gasteiger partial charge in [0.1, 0.15) is 5.75 Å². The molecule has 0 radical (unpaired) electrons. The first-order chi connectivity index (χ1) is 10.2. The Morgan fingerprint density at radius 3 is 2.48 bits per heavy atom. The summed E-state index contributed by atoms with van der Waals surface area (Å²) in [6.07, 6.45) is 4.23. The van der Waals surface area contributed by atoms with Gasteiger partial charge >= 0.3 is 5.97 Å². The van der Waals surface area contributed by atoms with Crippen LogP contribution in [0, 0.1) is 0 Å². The average Bonchev–Trinajstić information content (AvgIpc) is 2.54. The third-order valence-corrected chi connectivity index (χ3v) is 3.48. The van der Waals surface area contributed by atoms with E-state index in [0.717, 1.165) is 17.5 Å². The van der Waals surface area contributed by atoms with Gasteiger partial charge in [0, 0.05) is 6.08 Å². The number of hydrogen-bond acceptors (Lipinski definition) is 2.